The monoisotopic (exact) mass is 355 g/mol. The van der Waals surface area contributed by atoms with Gasteiger partial charge < -0.3 is 10.8 Å². The molecule has 3 N–H and O–H groups in total. The van der Waals surface area contributed by atoms with Gasteiger partial charge in [0.2, 0.25) is 0 Å². The number of nitrogens with two attached hydrogens (primary N) is 1. The molecular weight excluding hydrogens is 346 g/mol. The number of halogens is 1. The Hall–Kier alpha value is -2.33. The van der Waals surface area contributed by atoms with Gasteiger partial charge in [-0.05, 0) is 22.0 Å². The van der Waals surface area contributed by atoms with Crippen LogP contribution in [-0.2, 0) is 11.2 Å². The molecule has 21 heavy (non-hydrogen) atoms. The molecule has 0 aliphatic heterocycles. The lowest BCUT2D eigenvalue weighted by atomic mass is 10.2. The molecule has 2 aromatic rings. The van der Waals surface area contributed by atoms with Gasteiger partial charge in [-0.25, -0.2) is 4.68 Å². The number of nitrogens with zero attached hydrogens (tertiary/aromatic N) is 4. The molecule has 1 aromatic heterocycles. The lowest BCUT2D eigenvalue weighted by molar-refractivity contribution is -0.384. The molecule has 1 aromatic carbocycles. The van der Waals surface area contributed by atoms with Crippen LogP contribution in [0.2, 0.25) is 0 Å². The molecule has 0 saturated heterocycles. The Morgan fingerprint density at radius 2 is 2.29 bits per heavy atom. The minimum atomic E-state index is -1.14. The molecule has 10 heteroatoms. The van der Waals surface area contributed by atoms with Crippen molar-refractivity contribution in [3.05, 3.63) is 44.7 Å². The van der Waals surface area contributed by atoms with E-state index in [0.29, 0.717) is 15.9 Å². The van der Waals surface area contributed by atoms with Gasteiger partial charge in [-0.1, -0.05) is 5.21 Å². The highest BCUT2D eigenvalue weighted by molar-refractivity contribution is 9.10. The number of carboxylic acids is 1. The number of non-ortho nitro benzene ring substituents is 1. The molecule has 0 saturated carbocycles. The first-order chi connectivity index (χ1) is 9.88. The van der Waals surface area contributed by atoms with Crippen LogP contribution in [0.5, 0.6) is 0 Å². The maximum Gasteiger partial charge on any atom is 0.320 e. The van der Waals surface area contributed by atoms with Crippen LogP contribution in [0.1, 0.15) is 5.69 Å². The van der Waals surface area contributed by atoms with E-state index < -0.39 is 16.9 Å². The number of benzene rings is 1. The standard InChI is InChI=1S/C11H10BrN5O4/c12-8-2-1-7(17(20)21)4-10(8)16-5-6(14-15-16)3-9(13)11(18)19/h1-2,4-5,9H,3,13H2,(H,18,19). The highest BCUT2D eigenvalue weighted by atomic mass is 79.9. The van der Waals surface area contributed by atoms with E-state index in [1.807, 2.05) is 0 Å². The number of hydrogen-bond donors (Lipinski definition) is 2. The van der Waals surface area contributed by atoms with E-state index in [-0.39, 0.29) is 12.1 Å². The summed E-state index contributed by atoms with van der Waals surface area (Å²) in [7, 11) is 0. The summed E-state index contributed by atoms with van der Waals surface area (Å²) in [6.45, 7) is 0. The normalized spacial score (nSPS) is 12.1. The van der Waals surface area contributed by atoms with Crippen LogP contribution < -0.4 is 5.73 Å². The van der Waals surface area contributed by atoms with Crippen molar-refractivity contribution in [2.45, 2.75) is 12.5 Å². The molecule has 1 unspecified atom stereocenters. The molecule has 0 bridgehead atoms. The number of nitro groups is 1. The van der Waals surface area contributed by atoms with Crippen molar-refractivity contribution in [2.24, 2.45) is 5.73 Å². The molecule has 1 heterocycles. The van der Waals surface area contributed by atoms with Gasteiger partial charge in [-0.15, -0.1) is 5.10 Å². The van der Waals surface area contributed by atoms with Crippen LogP contribution >= 0.6 is 15.9 Å². The third-order valence-corrected chi connectivity index (χ3v) is 3.35. The Bertz CT molecular complexity index is 702. The van der Waals surface area contributed by atoms with Crippen molar-refractivity contribution in [3.63, 3.8) is 0 Å². The number of carbonyl (C=O) groups is 1. The molecule has 0 radical (unpaired) electrons. The SMILES string of the molecule is NC(Cc1cn(-c2cc([N+](=O)[O-])ccc2Br)nn1)C(=O)O. The van der Waals surface area contributed by atoms with Crippen molar-refractivity contribution in [1.82, 2.24) is 15.0 Å². The molecular formula is C11H10BrN5O4. The minimum absolute atomic E-state index is 0.0158. The molecule has 1 atom stereocenters. The van der Waals surface area contributed by atoms with Crippen LogP contribution in [0.25, 0.3) is 5.69 Å². The molecule has 110 valence electrons. The maximum atomic E-state index is 10.8. The quantitative estimate of drug-likeness (QED) is 0.599. The van der Waals surface area contributed by atoms with Crippen LogP contribution in [0.15, 0.2) is 28.9 Å². The Morgan fingerprint density at radius 3 is 2.90 bits per heavy atom. The highest BCUT2D eigenvalue weighted by Crippen LogP contribution is 2.25. The molecule has 0 amide bonds. The summed E-state index contributed by atoms with van der Waals surface area (Å²) in [5.41, 5.74) is 6.13. The number of aromatic nitrogens is 3. The van der Waals surface area contributed by atoms with Gasteiger partial charge in [-0.3, -0.25) is 14.9 Å². The summed E-state index contributed by atoms with van der Waals surface area (Å²) < 4.78 is 1.91. The van der Waals surface area contributed by atoms with Crippen LogP contribution in [0.3, 0.4) is 0 Å². The van der Waals surface area contributed by atoms with Crippen molar-refractivity contribution in [1.29, 1.82) is 0 Å². The maximum absolute atomic E-state index is 10.8. The fourth-order valence-electron chi connectivity index (χ4n) is 1.61. The van der Waals surface area contributed by atoms with Gasteiger partial charge in [0.15, 0.2) is 0 Å². The number of carboxylic acid groups (broad SMARTS) is 1. The Balaban J connectivity index is 2.31. The highest BCUT2D eigenvalue weighted by Gasteiger charge is 2.16. The average Bonchev–Trinajstić information content (AvgIpc) is 2.87. The van der Waals surface area contributed by atoms with E-state index in [1.165, 1.54) is 29.1 Å². The zero-order chi connectivity index (χ0) is 15.6. The topological polar surface area (TPSA) is 137 Å². The molecule has 2 rings (SSSR count). The third-order valence-electron chi connectivity index (χ3n) is 2.67. The molecule has 0 aliphatic carbocycles. The van der Waals surface area contributed by atoms with Gasteiger partial charge in [0, 0.05) is 23.0 Å². The summed E-state index contributed by atoms with van der Waals surface area (Å²) in [4.78, 5) is 21.0. The summed E-state index contributed by atoms with van der Waals surface area (Å²) in [6.07, 6.45) is 1.49. The van der Waals surface area contributed by atoms with E-state index in [0.717, 1.165) is 0 Å². The summed E-state index contributed by atoms with van der Waals surface area (Å²) in [5.74, 6) is -1.14. The zero-order valence-corrected chi connectivity index (χ0v) is 12.1. The van der Waals surface area contributed by atoms with Gasteiger partial charge >= 0.3 is 5.97 Å². The van der Waals surface area contributed by atoms with Crippen LogP contribution in [0, 0.1) is 10.1 Å². The number of aliphatic carboxylic acids is 1. The fourth-order valence-corrected chi connectivity index (χ4v) is 2.04. The summed E-state index contributed by atoms with van der Waals surface area (Å²) >= 11 is 3.27. The Kier molecular flexibility index (Phi) is 4.29. The van der Waals surface area contributed by atoms with Gasteiger partial charge in [0.05, 0.1) is 22.5 Å². The van der Waals surface area contributed by atoms with Crippen molar-refractivity contribution in [3.8, 4) is 5.69 Å². The second-order valence-electron chi connectivity index (χ2n) is 4.20. The van der Waals surface area contributed by atoms with Crippen molar-refractivity contribution < 1.29 is 14.8 Å². The predicted molar refractivity (Wildman–Crippen MR) is 75.0 cm³/mol. The Labute approximate surface area is 126 Å². The lowest BCUT2D eigenvalue weighted by Gasteiger charge is -2.03. The molecule has 0 spiro atoms. The van der Waals surface area contributed by atoms with Crippen LogP contribution in [-0.4, -0.2) is 37.0 Å². The number of rotatable bonds is 5. The van der Waals surface area contributed by atoms with Crippen molar-refractivity contribution >= 4 is 27.6 Å². The van der Waals surface area contributed by atoms with Crippen molar-refractivity contribution in [2.75, 3.05) is 0 Å². The molecule has 0 aliphatic rings. The zero-order valence-electron chi connectivity index (χ0n) is 10.5. The van der Waals surface area contributed by atoms with E-state index in [4.69, 9.17) is 10.8 Å². The first-order valence-corrected chi connectivity index (χ1v) is 6.51. The van der Waals surface area contributed by atoms with Gasteiger partial charge in [0.1, 0.15) is 6.04 Å². The van der Waals surface area contributed by atoms with E-state index in [9.17, 15) is 14.9 Å². The smallest absolute Gasteiger partial charge is 0.320 e. The first-order valence-electron chi connectivity index (χ1n) is 5.72. The summed E-state index contributed by atoms with van der Waals surface area (Å²) in [5, 5.41) is 27.2. The largest absolute Gasteiger partial charge is 0.480 e. The summed E-state index contributed by atoms with van der Waals surface area (Å²) in [6, 6.07) is 3.13. The van der Waals surface area contributed by atoms with Gasteiger partial charge in [0.25, 0.3) is 5.69 Å². The molecule has 9 nitrogen and oxygen atoms in total. The molecule has 0 fully saturated rings. The number of nitro benzene ring substituents is 1. The Morgan fingerprint density at radius 1 is 1.57 bits per heavy atom. The van der Waals surface area contributed by atoms with E-state index >= 15 is 0 Å². The predicted octanol–water partition coefficient (Wildman–Crippen LogP) is 0.892. The second kappa shape index (κ2) is 5.97. The lowest BCUT2D eigenvalue weighted by Crippen LogP contribution is -2.32. The number of hydrogen-bond acceptors (Lipinski definition) is 6. The second-order valence-corrected chi connectivity index (χ2v) is 5.05. The minimum Gasteiger partial charge on any atom is -0.480 e. The van der Waals surface area contributed by atoms with E-state index in [1.54, 1.807) is 0 Å². The fraction of sp³-hybridized carbons (Fsp3) is 0.182. The average molecular weight is 356 g/mol. The van der Waals surface area contributed by atoms with E-state index in [2.05, 4.69) is 26.2 Å². The van der Waals surface area contributed by atoms with Crippen LogP contribution in [0.4, 0.5) is 5.69 Å². The third kappa shape index (κ3) is 3.41. The van der Waals surface area contributed by atoms with Gasteiger partial charge in [-0.2, -0.15) is 0 Å². The first kappa shape index (κ1) is 15.1.